The molecule has 0 aromatic heterocycles. The Morgan fingerprint density at radius 2 is 0.886 bits per heavy atom. The second kappa shape index (κ2) is 19.3. The third kappa shape index (κ3) is 12.0. The van der Waals surface area contributed by atoms with Crippen LogP contribution in [0.25, 0.3) is 0 Å². The monoisotopic (exact) mass is 537 g/mol. The molecule has 0 aromatic carbocycles. The van der Waals surface area contributed by atoms with Crippen molar-refractivity contribution in [1.29, 1.82) is 0 Å². The Bertz CT molecular complexity index is 462. The van der Waals surface area contributed by atoms with E-state index in [0.29, 0.717) is 26.4 Å². The highest BCUT2D eigenvalue weighted by Gasteiger charge is 2.45. The molecule has 7 nitrogen and oxygen atoms in total. The van der Waals surface area contributed by atoms with Gasteiger partial charge < -0.3 is 27.2 Å². The van der Waals surface area contributed by atoms with Gasteiger partial charge in [0.15, 0.2) is 0 Å². The Kier molecular flexibility index (Phi) is 19.3. The third-order valence-corrected chi connectivity index (χ3v) is 13.2. The van der Waals surface area contributed by atoms with E-state index in [1.54, 1.807) is 0 Å². The molecule has 0 spiro atoms. The molecular formula is C26H59NO6Si2. The Morgan fingerprint density at radius 3 is 1.11 bits per heavy atom. The number of hydrogen-bond acceptors (Lipinski definition) is 7. The lowest BCUT2D eigenvalue weighted by Crippen LogP contribution is -2.57. The first-order valence-corrected chi connectivity index (χ1v) is 19.0. The summed E-state index contributed by atoms with van der Waals surface area (Å²) < 4.78 is 38.4. The number of nitrogens with zero attached hydrogens (tertiary/aromatic N) is 1. The summed E-state index contributed by atoms with van der Waals surface area (Å²) in [6.45, 7) is 26.6. The minimum Gasteiger partial charge on any atom is -0.393 e. The van der Waals surface area contributed by atoms with E-state index >= 15 is 0 Å². The van der Waals surface area contributed by atoms with Gasteiger partial charge in [-0.3, -0.25) is 4.90 Å². The van der Waals surface area contributed by atoms with E-state index in [2.05, 4.69) is 52.6 Å². The van der Waals surface area contributed by atoms with Crippen molar-refractivity contribution in [2.24, 2.45) is 0 Å². The van der Waals surface area contributed by atoms with Crippen molar-refractivity contribution in [2.75, 3.05) is 33.0 Å². The predicted molar refractivity (Wildman–Crippen MR) is 150 cm³/mol. The average molecular weight is 538 g/mol. The van der Waals surface area contributed by atoms with E-state index in [4.69, 9.17) is 27.2 Å². The minimum atomic E-state index is -2.50. The molecule has 0 saturated carbocycles. The molecule has 0 heterocycles. The summed E-state index contributed by atoms with van der Waals surface area (Å²) in [5.41, 5.74) is -0.0815. The third-order valence-electron chi connectivity index (χ3n) is 6.55. The van der Waals surface area contributed by atoms with Crippen molar-refractivity contribution in [3.63, 3.8) is 0 Å². The normalized spacial score (nSPS) is 16.5. The largest absolute Gasteiger partial charge is 0.393 e. The molecule has 0 saturated heterocycles. The summed E-state index contributed by atoms with van der Waals surface area (Å²) >= 11 is 0. The maximum atomic E-state index is 6.75. The molecule has 0 rings (SSSR count). The van der Waals surface area contributed by atoms with Crippen LogP contribution in [0.3, 0.4) is 0 Å². The van der Waals surface area contributed by atoms with Gasteiger partial charge in [-0.2, -0.15) is 0 Å². The molecule has 212 valence electrons. The fourth-order valence-corrected chi connectivity index (χ4v) is 10.3. The van der Waals surface area contributed by atoms with Crippen molar-refractivity contribution < 1.29 is 27.2 Å². The maximum absolute atomic E-state index is 6.75. The van der Waals surface area contributed by atoms with Crippen LogP contribution in [0.15, 0.2) is 0 Å². The molecule has 4 atom stereocenters. The summed E-state index contributed by atoms with van der Waals surface area (Å²) in [5, 5.41) is 0. The molecule has 0 fully saturated rings. The zero-order chi connectivity index (χ0) is 26.9. The van der Waals surface area contributed by atoms with Crippen molar-refractivity contribution in [3.05, 3.63) is 0 Å². The van der Waals surface area contributed by atoms with E-state index in [9.17, 15) is 0 Å². The maximum Gasteiger partial charge on any atom is 0.364 e. The van der Waals surface area contributed by atoms with Crippen LogP contribution in [0, 0.1) is 0 Å². The molecule has 0 amide bonds. The summed E-state index contributed by atoms with van der Waals surface area (Å²) in [7, 11) is -4.99. The minimum absolute atomic E-state index is 0.0408. The standard InChI is InChI=1S/C26H59NO6Si2/c1-12-19-21-25(34(10,28-15-4)29-16-5)32-23(8)27(14-3)24(9)33-26(22-20-13-2)35(11,30-17-6)31-18-7/h23-26H,12-22H2,1-11H3. The van der Waals surface area contributed by atoms with Crippen molar-refractivity contribution in [1.82, 2.24) is 4.90 Å². The first-order valence-electron chi connectivity index (χ1n) is 14.2. The highest BCUT2D eigenvalue weighted by atomic mass is 28.4. The predicted octanol–water partition coefficient (Wildman–Crippen LogP) is 6.52. The van der Waals surface area contributed by atoms with Gasteiger partial charge in [-0.05, 0) is 67.5 Å². The molecular weight excluding hydrogens is 478 g/mol. The quantitative estimate of drug-likeness (QED) is 0.109. The molecule has 35 heavy (non-hydrogen) atoms. The van der Waals surface area contributed by atoms with Crippen LogP contribution in [0.1, 0.15) is 101 Å². The molecule has 4 unspecified atom stereocenters. The van der Waals surface area contributed by atoms with Crippen LogP contribution in [0.4, 0.5) is 0 Å². The first kappa shape index (κ1) is 35.2. The van der Waals surface area contributed by atoms with Gasteiger partial charge >= 0.3 is 17.1 Å². The molecule has 0 aliphatic rings. The van der Waals surface area contributed by atoms with Gasteiger partial charge in [0.05, 0.1) is 0 Å². The van der Waals surface area contributed by atoms with E-state index < -0.39 is 17.1 Å². The van der Waals surface area contributed by atoms with E-state index in [-0.39, 0.29) is 23.9 Å². The summed E-state index contributed by atoms with van der Waals surface area (Å²) in [5.74, 6) is 0. The Balaban J connectivity index is 5.71. The highest BCUT2D eigenvalue weighted by Crippen LogP contribution is 2.27. The van der Waals surface area contributed by atoms with Crippen LogP contribution in [0.2, 0.25) is 13.1 Å². The van der Waals surface area contributed by atoms with Crippen LogP contribution in [-0.2, 0) is 27.2 Å². The van der Waals surface area contributed by atoms with Crippen molar-refractivity contribution >= 4 is 17.1 Å². The van der Waals surface area contributed by atoms with Crippen LogP contribution >= 0.6 is 0 Å². The smallest absolute Gasteiger partial charge is 0.364 e. The van der Waals surface area contributed by atoms with Gasteiger partial charge in [0.1, 0.15) is 23.9 Å². The SMILES string of the molecule is CCCCC(OC(C)N(CC)C(C)OC(CCCC)[Si](C)(OCC)OCC)[Si](C)(OCC)OCC. The lowest BCUT2D eigenvalue weighted by Gasteiger charge is -2.42. The topological polar surface area (TPSA) is 58.6 Å². The van der Waals surface area contributed by atoms with Crippen molar-refractivity contribution in [2.45, 2.75) is 138 Å². The van der Waals surface area contributed by atoms with Crippen LogP contribution < -0.4 is 0 Å². The van der Waals surface area contributed by atoms with E-state index in [0.717, 1.165) is 45.1 Å². The molecule has 0 aliphatic heterocycles. The van der Waals surface area contributed by atoms with Crippen LogP contribution in [-0.4, -0.2) is 78.9 Å². The highest BCUT2D eigenvalue weighted by molar-refractivity contribution is 6.67. The van der Waals surface area contributed by atoms with Gasteiger partial charge in [0.25, 0.3) is 0 Å². The lowest BCUT2D eigenvalue weighted by molar-refractivity contribution is -0.164. The fraction of sp³-hybridized carbons (Fsp3) is 1.00. The van der Waals surface area contributed by atoms with Gasteiger partial charge in [-0.25, -0.2) is 0 Å². The van der Waals surface area contributed by atoms with Crippen molar-refractivity contribution in [3.8, 4) is 0 Å². The van der Waals surface area contributed by atoms with Gasteiger partial charge in [0.2, 0.25) is 0 Å². The Labute approximate surface area is 220 Å². The molecule has 0 radical (unpaired) electrons. The number of hydrogen-bond donors (Lipinski definition) is 0. The lowest BCUT2D eigenvalue weighted by atomic mass is 10.2. The summed E-state index contributed by atoms with van der Waals surface area (Å²) in [6.07, 6.45) is 6.02. The van der Waals surface area contributed by atoms with E-state index in [1.165, 1.54) is 0 Å². The van der Waals surface area contributed by atoms with E-state index in [1.807, 2.05) is 27.7 Å². The zero-order valence-corrected chi connectivity index (χ0v) is 27.0. The molecule has 0 bridgehead atoms. The zero-order valence-electron chi connectivity index (χ0n) is 25.0. The summed E-state index contributed by atoms with van der Waals surface area (Å²) in [6, 6.07) is 0. The van der Waals surface area contributed by atoms with Gasteiger partial charge in [-0.1, -0.05) is 46.5 Å². The number of unbranched alkanes of at least 4 members (excludes halogenated alkanes) is 2. The fourth-order valence-electron chi connectivity index (χ4n) is 4.73. The number of rotatable bonds is 23. The van der Waals surface area contributed by atoms with Gasteiger partial charge in [0, 0.05) is 33.0 Å². The summed E-state index contributed by atoms with van der Waals surface area (Å²) in [4.78, 5) is 2.28. The second-order valence-corrected chi connectivity index (χ2v) is 15.8. The molecule has 9 heteroatoms. The Morgan fingerprint density at radius 1 is 0.571 bits per heavy atom. The molecule has 0 N–H and O–H groups in total. The number of ether oxygens (including phenoxy) is 2. The van der Waals surface area contributed by atoms with Crippen LogP contribution in [0.5, 0.6) is 0 Å². The molecule has 0 aromatic rings. The van der Waals surface area contributed by atoms with Gasteiger partial charge in [-0.15, -0.1) is 0 Å². The first-order chi connectivity index (χ1) is 16.6. The average Bonchev–Trinajstić information content (AvgIpc) is 2.80. The Hall–Kier alpha value is 0.154. The second-order valence-electron chi connectivity index (χ2n) is 9.33. The molecule has 0 aliphatic carbocycles.